The van der Waals surface area contributed by atoms with Crippen molar-refractivity contribution in [2.24, 2.45) is 5.92 Å². The van der Waals surface area contributed by atoms with Crippen LogP contribution in [0.3, 0.4) is 0 Å². The second-order valence-electron chi connectivity index (χ2n) is 16.6. The summed E-state index contributed by atoms with van der Waals surface area (Å²) in [5, 5.41) is 24.9. The highest BCUT2D eigenvalue weighted by Gasteiger charge is 2.47. The number of nitrogens with one attached hydrogen (secondary N) is 2. The predicted molar refractivity (Wildman–Crippen MR) is 228 cm³/mol. The number of phenols is 1. The number of esters is 1. The maximum atomic E-state index is 14.1. The standard InChI is InChI=1S/C48H53N5O7/c1-32(54)53(29-34-9-7-33(8-10-34)27-49-28-42(56)39-15-17-41(55)45-40(39)16-18-44(57)50-45)30-35-11-13-37(14-12-35)46(58)52-25-21-48(22-26-52,38-5-3-2-4-6-38)47(59)60-43-31-51-23-19-36(43)20-24-51/h2-18,36,42-43,49,55-56H,19-31H2,1H3,(H,50,57). The van der Waals surface area contributed by atoms with E-state index in [1.54, 1.807) is 24.0 Å². The molecule has 4 aliphatic rings. The number of aromatic hydroxyl groups is 1. The van der Waals surface area contributed by atoms with Crippen LogP contribution in [0.25, 0.3) is 10.9 Å². The van der Waals surface area contributed by atoms with Gasteiger partial charge in [0.2, 0.25) is 11.5 Å². The number of hydrogen-bond acceptors (Lipinski definition) is 9. The number of pyridine rings is 1. The summed E-state index contributed by atoms with van der Waals surface area (Å²) >= 11 is 0. The molecule has 5 heterocycles. The highest BCUT2D eigenvalue weighted by Crippen LogP contribution is 2.39. The van der Waals surface area contributed by atoms with Crippen molar-refractivity contribution in [2.45, 2.75) is 69.9 Å². The van der Waals surface area contributed by atoms with Crippen LogP contribution in [0.5, 0.6) is 5.75 Å². The Bertz CT molecular complexity index is 2370. The molecule has 4 N–H and O–H groups in total. The first kappa shape index (κ1) is 40.9. The van der Waals surface area contributed by atoms with Crippen LogP contribution in [0.15, 0.2) is 108 Å². The van der Waals surface area contributed by atoms with Crippen molar-refractivity contribution < 1.29 is 29.3 Å². The predicted octanol–water partition coefficient (Wildman–Crippen LogP) is 5.42. The van der Waals surface area contributed by atoms with E-state index in [4.69, 9.17) is 4.74 Å². The van der Waals surface area contributed by atoms with Gasteiger partial charge in [0.05, 0.1) is 17.0 Å². The lowest BCUT2D eigenvalue weighted by atomic mass is 9.72. The van der Waals surface area contributed by atoms with Gasteiger partial charge in [0.25, 0.3) is 5.91 Å². The molecule has 0 saturated carbocycles. The number of nitrogens with zero attached hydrogens (tertiary/aromatic N) is 3. The topological polar surface area (TPSA) is 156 Å². The highest BCUT2D eigenvalue weighted by molar-refractivity contribution is 5.95. The molecule has 9 rings (SSSR count). The molecule has 2 unspecified atom stereocenters. The molecule has 4 aliphatic heterocycles. The van der Waals surface area contributed by atoms with Crippen LogP contribution < -0.4 is 10.9 Å². The Morgan fingerprint density at radius 1 is 0.850 bits per heavy atom. The number of aromatic nitrogens is 1. The number of likely N-dealkylation sites (tertiary alicyclic amines) is 1. The fraction of sp³-hybridized carbons (Fsp3) is 0.375. The summed E-state index contributed by atoms with van der Waals surface area (Å²) in [5.74, 6) is 0.0593. The number of aromatic amines is 1. The zero-order chi connectivity index (χ0) is 41.8. The molecular formula is C48H53N5O7. The first-order valence-corrected chi connectivity index (χ1v) is 21.0. The molecule has 12 heteroatoms. The third-order valence-electron chi connectivity index (χ3n) is 12.8. The van der Waals surface area contributed by atoms with E-state index in [0.29, 0.717) is 73.5 Å². The molecule has 5 aromatic rings. The van der Waals surface area contributed by atoms with Crippen LogP contribution in [-0.2, 0) is 39.4 Å². The number of carbonyl (C=O) groups excluding carboxylic acids is 3. The fourth-order valence-electron chi connectivity index (χ4n) is 9.18. The minimum Gasteiger partial charge on any atom is -0.506 e. The summed E-state index contributed by atoms with van der Waals surface area (Å²) in [6, 6.07) is 31.4. The number of phenolic OH excluding ortho intramolecular Hbond substituents is 1. The summed E-state index contributed by atoms with van der Waals surface area (Å²) in [7, 11) is 0. The third-order valence-corrected chi connectivity index (χ3v) is 12.8. The van der Waals surface area contributed by atoms with Crippen molar-refractivity contribution in [1.29, 1.82) is 0 Å². The third kappa shape index (κ3) is 8.86. The molecule has 12 nitrogen and oxygen atoms in total. The van der Waals surface area contributed by atoms with E-state index in [1.165, 1.54) is 12.1 Å². The van der Waals surface area contributed by atoms with Gasteiger partial charge in [-0.15, -0.1) is 0 Å². The lowest BCUT2D eigenvalue weighted by molar-refractivity contribution is -0.168. The van der Waals surface area contributed by atoms with E-state index in [2.05, 4.69) is 15.2 Å². The van der Waals surface area contributed by atoms with Crippen molar-refractivity contribution in [1.82, 2.24) is 25.0 Å². The summed E-state index contributed by atoms with van der Waals surface area (Å²) in [6.07, 6.45) is 2.20. The largest absolute Gasteiger partial charge is 0.506 e. The maximum Gasteiger partial charge on any atom is 0.317 e. The summed E-state index contributed by atoms with van der Waals surface area (Å²) in [4.78, 5) is 60.9. The average molecular weight is 812 g/mol. The summed E-state index contributed by atoms with van der Waals surface area (Å²) < 4.78 is 6.32. The van der Waals surface area contributed by atoms with Gasteiger partial charge in [-0.2, -0.15) is 0 Å². The number of ether oxygens (including phenoxy) is 1. The molecule has 0 spiro atoms. The Labute approximate surface area is 349 Å². The minimum atomic E-state index is -0.864. The molecule has 2 amide bonds. The Morgan fingerprint density at radius 3 is 2.13 bits per heavy atom. The van der Waals surface area contributed by atoms with Gasteiger partial charge in [0, 0.05) is 69.8 Å². The van der Waals surface area contributed by atoms with Crippen LogP contribution in [0.2, 0.25) is 0 Å². The SMILES string of the molecule is CC(=O)N(Cc1ccc(CNCC(O)c2ccc(O)c3[nH]c(=O)ccc23)cc1)Cc1ccc(C(=O)N2CCC(C(=O)OC3CN4CCC3CC4)(c3ccccc3)CC2)cc1. The van der Waals surface area contributed by atoms with E-state index in [1.807, 2.05) is 83.8 Å². The Morgan fingerprint density at radius 2 is 1.50 bits per heavy atom. The van der Waals surface area contributed by atoms with Crippen LogP contribution >= 0.6 is 0 Å². The number of rotatable bonds is 13. The maximum absolute atomic E-state index is 14.1. The van der Waals surface area contributed by atoms with E-state index < -0.39 is 11.5 Å². The number of benzene rings is 4. The summed E-state index contributed by atoms with van der Waals surface area (Å²) in [5.41, 5.74) is 4.17. The lowest BCUT2D eigenvalue weighted by Gasteiger charge is -2.46. The zero-order valence-corrected chi connectivity index (χ0v) is 34.0. The molecule has 60 heavy (non-hydrogen) atoms. The van der Waals surface area contributed by atoms with Gasteiger partial charge in [-0.3, -0.25) is 24.1 Å². The number of aliphatic hydroxyl groups excluding tert-OH is 1. The molecule has 0 aliphatic carbocycles. The molecule has 4 fully saturated rings. The second-order valence-corrected chi connectivity index (χ2v) is 16.6. The van der Waals surface area contributed by atoms with Gasteiger partial charge in [0.15, 0.2) is 0 Å². The van der Waals surface area contributed by atoms with E-state index >= 15 is 0 Å². The first-order valence-electron chi connectivity index (χ1n) is 21.0. The van der Waals surface area contributed by atoms with E-state index in [-0.39, 0.29) is 41.7 Å². The summed E-state index contributed by atoms with van der Waals surface area (Å²) in [6.45, 7) is 6.96. The molecule has 4 aromatic carbocycles. The van der Waals surface area contributed by atoms with Gasteiger partial charge in [-0.05, 0) is 96.8 Å². The Balaban J connectivity index is 0.837. The van der Waals surface area contributed by atoms with Gasteiger partial charge >= 0.3 is 5.97 Å². The van der Waals surface area contributed by atoms with Crippen LogP contribution in [0.1, 0.15) is 76.9 Å². The zero-order valence-electron chi connectivity index (χ0n) is 34.0. The molecular weight excluding hydrogens is 759 g/mol. The number of amides is 2. The normalized spacial score (nSPS) is 20.1. The number of H-pyrrole nitrogens is 1. The minimum absolute atomic E-state index is 0.0549. The van der Waals surface area contributed by atoms with Gasteiger partial charge in [-0.1, -0.05) is 72.8 Å². The molecule has 1 aromatic heterocycles. The van der Waals surface area contributed by atoms with Crippen LogP contribution in [0, 0.1) is 5.92 Å². The molecule has 2 atom stereocenters. The first-order chi connectivity index (χ1) is 29.1. The number of carbonyl (C=O) groups is 3. The average Bonchev–Trinajstić information content (AvgIpc) is 3.27. The van der Waals surface area contributed by atoms with Crippen molar-refractivity contribution in [2.75, 3.05) is 39.3 Å². The second kappa shape index (κ2) is 17.8. The smallest absolute Gasteiger partial charge is 0.317 e. The van der Waals surface area contributed by atoms with Crippen molar-refractivity contribution in [3.05, 3.63) is 147 Å². The van der Waals surface area contributed by atoms with Gasteiger partial charge in [0.1, 0.15) is 11.9 Å². The number of fused-ring (bicyclic) bond motifs is 4. The van der Waals surface area contributed by atoms with E-state index in [0.717, 1.165) is 54.7 Å². The van der Waals surface area contributed by atoms with Gasteiger partial charge < -0.3 is 35.1 Å². The quantitative estimate of drug-likeness (QED) is 0.114. The molecule has 4 saturated heterocycles. The van der Waals surface area contributed by atoms with Crippen molar-refractivity contribution in [3.63, 3.8) is 0 Å². The molecule has 312 valence electrons. The monoisotopic (exact) mass is 811 g/mol. The highest BCUT2D eigenvalue weighted by atomic mass is 16.5. The van der Waals surface area contributed by atoms with E-state index in [9.17, 15) is 29.4 Å². The number of hydrogen-bond donors (Lipinski definition) is 4. The van der Waals surface area contributed by atoms with Crippen molar-refractivity contribution >= 4 is 28.7 Å². The van der Waals surface area contributed by atoms with Crippen LogP contribution in [-0.4, -0.2) is 93.1 Å². The Kier molecular flexibility index (Phi) is 12.1. The van der Waals surface area contributed by atoms with Crippen molar-refractivity contribution in [3.8, 4) is 5.75 Å². The number of aliphatic hydroxyl groups is 1. The van der Waals surface area contributed by atoms with Crippen LogP contribution in [0.4, 0.5) is 0 Å². The number of piperidine rings is 4. The van der Waals surface area contributed by atoms with Gasteiger partial charge in [-0.25, -0.2) is 0 Å². The molecule has 0 radical (unpaired) electrons. The Hall–Kier alpha value is -5.82. The molecule has 2 bridgehead atoms. The fourth-order valence-corrected chi connectivity index (χ4v) is 9.18. The lowest BCUT2D eigenvalue weighted by Crippen LogP contribution is -2.55.